The molecule has 1 amide bonds. The molecule has 0 aromatic carbocycles. The Morgan fingerprint density at radius 2 is 1.88 bits per heavy atom. The molecule has 2 rings (SSSR count). The Labute approximate surface area is 208 Å². The summed E-state index contributed by atoms with van der Waals surface area (Å²) in [7, 11) is 0. The molecule has 1 atom stereocenters. The molecule has 0 aromatic rings. The Kier molecular flexibility index (Phi) is 19.9. The van der Waals surface area contributed by atoms with Gasteiger partial charge in [0.25, 0.3) is 0 Å². The van der Waals surface area contributed by atoms with E-state index in [1.165, 1.54) is 45.3 Å². The lowest BCUT2D eigenvalue weighted by Gasteiger charge is -2.28. The van der Waals surface area contributed by atoms with Crippen LogP contribution in [0.2, 0.25) is 0 Å². The van der Waals surface area contributed by atoms with Gasteiger partial charge in [0.05, 0.1) is 5.70 Å². The van der Waals surface area contributed by atoms with Gasteiger partial charge in [-0.3, -0.25) is 9.69 Å². The van der Waals surface area contributed by atoms with Crippen molar-refractivity contribution in [2.75, 3.05) is 26.2 Å². The Hall–Kier alpha value is -2.25. The summed E-state index contributed by atoms with van der Waals surface area (Å²) in [4.78, 5) is 13.2. The molecular weight excluding hydrogens is 426 g/mol. The molecule has 2 aliphatic heterocycles. The van der Waals surface area contributed by atoms with Crippen LogP contribution in [0.5, 0.6) is 0 Å². The van der Waals surface area contributed by atoms with Crippen LogP contribution in [-0.4, -0.2) is 49.8 Å². The molecule has 2 aliphatic rings. The van der Waals surface area contributed by atoms with Crippen molar-refractivity contribution in [3.05, 3.63) is 48.1 Å². The van der Waals surface area contributed by atoms with Crippen LogP contribution < -0.4 is 21.7 Å². The molecule has 0 spiro atoms. The summed E-state index contributed by atoms with van der Waals surface area (Å²) in [6.45, 7) is 18.3. The van der Waals surface area contributed by atoms with Crippen LogP contribution in [0.1, 0.15) is 79.6 Å². The van der Waals surface area contributed by atoms with Crippen molar-refractivity contribution >= 4 is 6.41 Å². The standard InChI is InChI=1S/C13H24N4O2.C10H19N.C4H8/c1-4-5-6-19-11-7-10(16-9(2)3)12(15-8-18)13(14)17-11;1-2-3-5-8-11-9-6-4-7-10-11;1-3-4-2/h7-9,11,16-17H,4-6,14H2,1-3H3,(H,15,18);3,5H,2,4,6-10H2,1H3;3H,1,4H2,2H3/b;5-3+;. The number of nitrogens with two attached hydrogens (primary N) is 1. The average molecular weight is 478 g/mol. The summed E-state index contributed by atoms with van der Waals surface area (Å²) in [5.74, 6) is 0.402. The number of nitrogens with zero attached hydrogens (tertiary/aromatic N) is 1. The van der Waals surface area contributed by atoms with Gasteiger partial charge in [-0.05, 0) is 65.1 Å². The topological polar surface area (TPSA) is 91.7 Å². The number of hydrogen-bond donors (Lipinski definition) is 4. The zero-order valence-electron chi connectivity index (χ0n) is 22.4. The number of carbonyl (C=O) groups is 1. The molecule has 7 nitrogen and oxygen atoms in total. The van der Waals surface area contributed by atoms with Crippen LogP contribution in [0.4, 0.5) is 0 Å². The Morgan fingerprint density at radius 3 is 2.41 bits per heavy atom. The van der Waals surface area contributed by atoms with Crippen LogP contribution >= 0.6 is 0 Å². The van der Waals surface area contributed by atoms with E-state index >= 15 is 0 Å². The minimum atomic E-state index is -0.273. The highest BCUT2D eigenvalue weighted by Gasteiger charge is 2.20. The van der Waals surface area contributed by atoms with Crippen molar-refractivity contribution < 1.29 is 9.53 Å². The van der Waals surface area contributed by atoms with Gasteiger partial charge < -0.3 is 26.4 Å². The average Bonchev–Trinajstić information content (AvgIpc) is 2.83. The molecule has 5 N–H and O–H groups in total. The fourth-order valence-electron chi connectivity index (χ4n) is 3.27. The molecule has 7 heteroatoms. The van der Waals surface area contributed by atoms with E-state index in [2.05, 4.69) is 60.4 Å². The number of unbranched alkanes of at least 4 members (excludes halogenated alkanes) is 1. The number of rotatable bonds is 12. The smallest absolute Gasteiger partial charge is 0.211 e. The number of nitrogens with one attached hydrogen (secondary N) is 3. The summed E-state index contributed by atoms with van der Waals surface area (Å²) in [5.41, 5.74) is 7.24. The van der Waals surface area contributed by atoms with Crippen LogP contribution in [0.15, 0.2) is 48.1 Å². The van der Waals surface area contributed by atoms with Crippen molar-refractivity contribution in [3.63, 3.8) is 0 Å². The lowest BCUT2D eigenvalue weighted by molar-refractivity contribution is -0.108. The van der Waals surface area contributed by atoms with Crippen molar-refractivity contribution in [3.8, 4) is 0 Å². The maximum absolute atomic E-state index is 10.6. The molecule has 0 aliphatic carbocycles. The van der Waals surface area contributed by atoms with E-state index in [9.17, 15) is 4.79 Å². The number of hydrogen-bond acceptors (Lipinski definition) is 6. The first kappa shape index (κ1) is 31.8. The highest BCUT2D eigenvalue weighted by atomic mass is 16.5. The Bertz CT molecular complexity index is 623. The van der Waals surface area contributed by atoms with Crippen molar-refractivity contribution in [1.82, 2.24) is 20.9 Å². The minimum Gasteiger partial charge on any atom is -0.384 e. The zero-order valence-corrected chi connectivity index (χ0v) is 22.4. The van der Waals surface area contributed by atoms with Crippen molar-refractivity contribution in [2.24, 2.45) is 5.73 Å². The number of amides is 1. The molecule has 0 radical (unpaired) electrons. The first-order valence-corrected chi connectivity index (χ1v) is 13.0. The molecule has 0 aromatic heterocycles. The fourth-order valence-corrected chi connectivity index (χ4v) is 3.27. The van der Waals surface area contributed by atoms with Gasteiger partial charge in [0.1, 0.15) is 17.7 Å². The molecule has 1 unspecified atom stereocenters. The van der Waals surface area contributed by atoms with Gasteiger partial charge >= 0.3 is 0 Å². The van der Waals surface area contributed by atoms with Gasteiger partial charge in [-0.2, -0.15) is 0 Å². The van der Waals surface area contributed by atoms with Crippen LogP contribution in [0.25, 0.3) is 0 Å². The third-order valence-corrected chi connectivity index (χ3v) is 5.10. The van der Waals surface area contributed by atoms with Gasteiger partial charge in [0.2, 0.25) is 6.41 Å². The summed E-state index contributed by atoms with van der Waals surface area (Å²) in [6.07, 6.45) is 17.2. The lowest BCUT2D eigenvalue weighted by Crippen LogP contribution is -2.43. The third kappa shape index (κ3) is 15.6. The molecule has 0 saturated carbocycles. The van der Waals surface area contributed by atoms with Gasteiger partial charge in [-0.25, -0.2) is 0 Å². The van der Waals surface area contributed by atoms with Gasteiger partial charge in [0, 0.05) is 19.2 Å². The molecule has 2 heterocycles. The van der Waals surface area contributed by atoms with Gasteiger partial charge in [-0.1, -0.05) is 51.8 Å². The van der Waals surface area contributed by atoms with E-state index < -0.39 is 0 Å². The monoisotopic (exact) mass is 477 g/mol. The maximum Gasteiger partial charge on any atom is 0.211 e. The van der Waals surface area contributed by atoms with E-state index in [1.54, 1.807) is 0 Å². The van der Waals surface area contributed by atoms with E-state index in [4.69, 9.17) is 10.5 Å². The van der Waals surface area contributed by atoms with E-state index in [1.807, 2.05) is 26.0 Å². The predicted octanol–water partition coefficient (Wildman–Crippen LogP) is 4.51. The number of carbonyl (C=O) groups excluding carboxylic acids is 1. The Morgan fingerprint density at radius 1 is 1.21 bits per heavy atom. The van der Waals surface area contributed by atoms with Crippen LogP contribution in [-0.2, 0) is 9.53 Å². The second-order valence-electron chi connectivity index (χ2n) is 8.66. The van der Waals surface area contributed by atoms with Crippen molar-refractivity contribution in [2.45, 2.75) is 91.8 Å². The summed E-state index contributed by atoms with van der Waals surface area (Å²) in [5, 5.41) is 8.86. The molecule has 196 valence electrons. The second kappa shape index (κ2) is 21.3. The lowest BCUT2D eigenvalue weighted by atomic mass is 10.1. The maximum atomic E-state index is 10.6. The third-order valence-electron chi connectivity index (χ3n) is 5.10. The minimum absolute atomic E-state index is 0.233. The van der Waals surface area contributed by atoms with Gasteiger partial charge in [0.15, 0.2) is 0 Å². The fraction of sp³-hybridized carbons (Fsp3) is 0.667. The number of likely N-dealkylation sites (tertiary alicyclic amines) is 1. The van der Waals surface area contributed by atoms with E-state index in [0.717, 1.165) is 25.0 Å². The summed E-state index contributed by atoms with van der Waals surface area (Å²) < 4.78 is 5.67. The number of allylic oxidation sites excluding steroid dienone is 2. The van der Waals surface area contributed by atoms with Gasteiger partial charge in [-0.15, -0.1) is 6.58 Å². The zero-order chi connectivity index (χ0) is 25.6. The van der Waals surface area contributed by atoms with Crippen LogP contribution in [0, 0.1) is 0 Å². The largest absolute Gasteiger partial charge is 0.384 e. The molecule has 1 fully saturated rings. The molecule has 34 heavy (non-hydrogen) atoms. The second-order valence-corrected chi connectivity index (χ2v) is 8.66. The first-order valence-electron chi connectivity index (χ1n) is 13.0. The molecule has 1 saturated heterocycles. The quantitative estimate of drug-likeness (QED) is 0.188. The first-order chi connectivity index (χ1) is 16.4. The van der Waals surface area contributed by atoms with E-state index in [0.29, 0.717) is 24.5 Å². The Balaban J connectivity index is 0.000000609. The number of dihydropyridines is 1. The number of piperidine rings is 1. The normalized spacial score (nSPS) is 18.2. The highest BCUT2D eigenvalue weighted by molar-refractivity contribution is 5.55. The SMILES string of the molecule is C=CCC.CC/C=C/CN1CCCCC1.CCCCOC1C=C(NC(C)C)C(NC=O)=C(N)N1. The molecular formula is C27H51N5O2. The number of ether oxygens (including phenoxy) is 1. The summed E-state index contributed by atoms with van der Waals surface area (Å²) in [6, 6.07) is 0.233. The van der Waals surface area contributed by atoms with E-state index in [-0.39, 0.29) is 12.3 Å². The highest BCUT2D eigenvalue weighted by Crippen LogP contribution is 2.14. The predicted molar refractivity (Wildman–Crippen MR) is 145 cm³/mol. The summed E-state index contributed by atoms with van der Waals surface area (Å²) >= 11 is 0. The van der Waals surface area contributed by atoms with Crippen molar-refractivity contribution in [1.29, 1.82) is 0 Å². The van der Waals surface area contributed by atoms with Crippen LogP contribution in [0.3, 0.4) is 0 Å². The molecule has 0 bridgehead atoms.